The van der Waals surface area contributed by atoms with Gasteiger partial charge in [-0.25, -0.2) is 0 Å². The van der Waals surface area contributed by atoms with Gasteiger partial charge in [-0.2, -0.15) is 0 Å². The summed E-state index contributed by atoms with van der Waals surface area (Å²) in [7, 11) is 0. The van der Waals surface area contributed by atoms with E-state index in [1.807, 2.05) is 11.0 Å². The van der Waals surface area contributed by atoms with Crippen LogP contribution in [-0.2, 0) is 5.41 Å². The molecule has 1 amide bonds. The molecule has 4 nitrogen and oxygen atoms in total. The molecule has 4 rings (SSSR count). The van der Waals surface area contributed by atoms with E-state index in [1.54, 1.807) is 0 Å². The fraction of sp³-hybridized carbons (Fsp3) is 0.409. The molecule has 0 aliphatic carbocycles. The van der Waals surface area contributed by atoms with Gasteiger partial charge >= 0.3 is 0 Å². The second-order valence-corrected chi connectivity index (χ2v) is 8.39. The number of fused-ring (bicyclic) bond motifs is 1. The fourth-order valence-electron chi connectivity index (χ4n) is 3.84. The van der Waals surface area contributed by atoms with Gasteiger partial charge in [0.25, 0.3) is 5.91 Å². The highest BCUT2D eigenvalue weighted by atomic mass is 16.2. The Morgan fingerprint density at radius 2 is 1.77 bits per heavy atom. The molecule has 0 spiro atoms. The summed E-state index contributed by atoms with van der Waals surface area (Å²) in [5.74, 6) is 0.115. The summed E-state index contributed by atoms with van der Waals surface area (Å²) >= 11 is 0. The molecule has 0 unspecified atom stereocenters. The van der Waals surface area contributed by atoms with Crippen LogP contribution in [0.25, 0.3) is 10.9 Å². The van der Waals surface area contributed by atoms with Crippen molar-refractivity contribution in [2.75, 3.05) is 13.1 Å². The molecule has 1 aliphatic rings. The van der Waals surface area contributed by atoms with E-state index in [9.17, 15) is 4.79 Å². The summed E-state index contributed by atoms with van der Waals surface area (Å²) in [5.41, 5.74) is 3.12. The number of carbonyl (C=O) groups is 1. The SMILES string of the molecule is CC(C)(C)c1ccc2cc(C(=O)N3CCC(n4cccc4)CC3)[nH]c2c1. The first kappa shape index (κ1) is 17.0. The predicted octanol–water partition coefficient (Wildman–Crippen LogP) is 4.74. The average Bonchev–Trinajstić information content (AvgIpc) is 3.29. The normalized spacial score (nSPS) is 16.3. The zero-order valence-corrected chi connectivity index (χ0v) is 15.8. The van der Waals surface area contributed by atoms with Crippen LogP contribution in [0.15, 0.2) is 48.8 Å². The second kappa shape index (κ2) is 6.35. The van der Waals surface area contributed by atoms with Crippen LogP contribution in [0, 0.1) is 0 Å². The number of aromatic nitrogens is 2. The molecular weight excluding hydrogens is 322 g/mol. The number of aromatic amines is 1. The Hall–Kier alpha value is -2.49. The molecule has 1 aromatic carbocycles. The van der Waals surface area contributed by atoms with Crippen LogP contribution in [0.5, 0.6) is 0 Å². The minimum absolute atomic E-state index is 0.101. The van der Waals surface area contributed by atoms with E-state index in [2.05, 4.69) is 73.0 Å². The van der Waals surface area contributed by atoms with Crippen molar-refractivity contribution in [2.45, 2.75) is 45.1 Å². The number of amides is 1. The highest BCUT2D eigenvalue weighted by Gasteiger charge is 2.25. The third-order valence-corrected chi connectivity index (χ3v) is 5.52. The Balaban J connectivity index is 1.50. The lowest BCUT2D eigenvalue weighted by molar-refractivity contribution is 0.0689. The first-order valence-electron chi connectivity index (χ1n) is 9.47. The van der Waals surface area contributed by atoms with E-state index in [0.29, 0.717) is 11.7 Å². The molecule has 0 atom stereocenters. The molecule has 1 aliphatic heterocycles. The summed E-state index contributed by atoms with van der Waals surface area (Å²) < 4.78 is 2.26. The molecule has 4 heteroatoms. The third-order valence-electron chi connectivity index (χ3n) is 5.52. The molecule has 1 fully saturated rings. The quantitative estimate of drug-likeness (QED) is 0.713. The van der Waals surface area contributed by atoms with Gasteiger partial charge in [-0.15, -0.1) is 0 Å². The predicted molar refractivity (Wildman–Crippen MR) is 106 cm³/mol. The monoisotopic (exact) mass is 349 g/mol. The molecule has 0 saturated carbocycles. The third kappa shape index (κ3) is 3.16. The Kier molecular flexibility index (Phi) is 4.14. The van der Waals surface area contributed by atoms with Gasteiger partial charge < -0.3 is 14.5 Å². The van der Waals surface area contributed by atoms with Crippen molar-refractivity contribution in [3.05, 3.63) is 60.0 Å². The molecule has 26 heavy (non-hydrogen) atoms. The molecular formula is C22H27N3O. The lowest BCUT2D eigenvalue weighted by atomic mass is 9.87. The summed E-state index contributed by atoms with van der Waals surface area (Å²) in [5, 5.41) is 1.10. The van der Waals surface area contributed by atoms with Crippen LogP contribution in [0.3, 0.4) is 0 Å². The number of hydrogen-bond donors (Lipinski definition) is 1. The van der Waals surface area contributed by atoms with Crippen molar-refractivity contribution in [3.8, 4) is 0 Å². The van der Waals surface area contributed by atoms with Crippen molar-refractivity contribution in [1.82, 2.24) is 14.5 Å². The van der Waals surface area contributed by atoms with Gasteiger partial charge in [-0.3, -0.25) is 4.79 Å². The summed E-state index contributed by atoms with van der Waals surface area (Å²) in [4.78, 5) is 18.3. The molecule has 0 bridgehead atoms. The van der Waals surface area contributed by atoms with Crippen molar-refractivity contribution >= 4 is 16.8 Å². The van der Waals surface area contributed by atoms with Crippen molar-refractivity contribution < 1.29 is 4.79 Å². The van der Waals surface area contributed by atoms with E-state index in [-0.39, 0.29) is 11.3 Å². The number of rotatable bonds is 2. The van der Waals surface area contributed by atoms with Gasteiger partial charge in [-0.1, -0.05) is 32.9 Å². The highest BCUT2D eigenvalue weighted by molar-refractivity contribution is 5.98. The Morgan fingerprint density at radius 3 is 2.42 bits per heavy atom. The van der Waals surface area contributed by atoms with Crippen LogP contribution >= 0.6 is 0 Å². The number of likely N-dealkylation sites (tertiary alicyclic amines) is 1. The molecule has 136 valence electrons. The lowest BCUT2D eigenvalue weighted by Gasteiger charge is -2.32. The molecule has 1 N–H and O–H groups in total. The molecule has 3 aromatic rings. The highest BCUT2D eigenvalue weighted by Crippen LogP contribution is 2.28. The maximum absolute atomic E-state index is 12.9. The number of carbonyl (C=O) groups excluding carboxylic acids is 1. The standard InChI is InChI=1S/C22H27N3O/c1-22(2,3)17-7-6-16-14-20(23-19(16)15-17)21(26)25-12-8-18(9-13-25)24-10-4-5-11-24/h4-7,10-11,14-15,18,23H,8-9,12-13H2,1-3H3. The molecule has 2 aromatic heterocycles. The first-order chi connectivity index (χ1) is 12.4. The number of benzene rings is 1. The van der Waals surface area contributed by atoms with Gasteiger partial charge in [0.1, 0.15) is 5.69 Å². The van der Waals surface area contributed by atoms with Crippen molar-refractivity contribution in [1.29, 1.82) is 0 Å². The van der Waals surface area contributed by atoms with Crippen molar-refractivity contribution in [2.24, 2.45) is 0 Å². The Labute approximate surface area is 154 Å². The molecule has 1 saturated heterocycles. The van der Waals surface area contributed by atoms with Crippen LogP contribution in [0.1, 0.15) is 55.7 Å². The molecule has 3 heterocycles. The summed E-state index contributed by atoms with van der Waals surface area (Å²) in [6.07, 6.45) is 6.25. The number of H-pyrrole nitrogens is 1. The zero-order valence-electron chi connectivity index (χ0n) is 15.8. The van der Waals surface area contributed by atoms with Gasteiger partial charge in [-0.05, 0) is 48.1 Å². The smallest absolute Gasteiger partial charge is 0.270 e. The van der Waals surface area contributed by atoms with Crippen LogP contribution in [-0.4, -0.2) is 33.4 Å². The van der Waals surface area contributed by atoms with E-state index >= 15 is 0 Å². The summed E-state index contributed by atoms with van der Waals surface area (Å²) in [6, 6.07) is 13.1. The second-order valence-electron chi connectivity index (χ2n) is 8.39. The van der Waals surface area contributed by atoms with Crippen molar-refractivity contribution in [3.63, 3.8) is 0 Å². The minimum atomic E-state index is 0.101. The average molecular weight is 349 g/mol. The first-order valence-corrected chi connectivity index (χ1v) is 9.47. The minimum Gasteiger partial charge on any atom is -0.351 e. The van der Waals surface area contributed by atoms with Crippen LogP contribution < -0.4 is 0 Å². The lowest BCUT2D eigenvalue weighted by Crippen LogP contribution is -2.39. The number of nitrogens with one attached hydrogen (secondary N) is 1. The van der Waals surface area contributed by atoms with E-state index in [1.165, 1.54) is 5.56 Å². The van der Waals surface area contributed by atoms with E-state index in [4.69, 9.17) is 0 Å². The maximum Gasteiger partial charge on any atom is 0.270 e. The van der Waals surface area contributed by atoms with E-state index in [0.717, 1.165) is 36.8 Å². The van der Waals surface area contributed by atoms with Gasteiger partial charge in [0.15, 0.2) is 0 Å². The zero-order chi connectivity index (χ0) is 18.3. The van der Waals surface area contributed by atoms with Gasteiger partial charge in [0.05, 0.1) is 0 Å². The van der Waals surface area contributed by atoms with Crippen LogP contribution in [0.2, 0.25) is 0 Å². The largest absolute Gasteiger partial charge is 0.351 e. The Bertz CT molecular complexity index is 907. The van der Waals surface area contributed by atoms with E-state index < -0.39 is 0 Å². The number of hydrogen-bond acceptors (Lipinski definition) is 1. The number of nitrogens with zero attached hydrogens (tertiary/aromatic N) is 2. The maximum atomic E-state index is 12.9. The van der Waals surface area contributed by atoms with Gasteiger partial charge in [0.2, 0.25) is 0 Å². The molecule has 0 radical (unpaired) electrons. The fourth-order valence-corrected chi connectivity index (χ4v) is 3.84. The topological polar surface area (TPSA) is 41.0 Å². The number of piperidine rings is 1. The van der Waals surface area contributed by atoms with Crippen LogP contribution in [0.4, 0.5) is 0 Å². The Morgan fingerprint density at radius 1 is 1.08 bits per heavy atom. The summed E-state index contributed by atoms with van der Waals surface area (Å²) in [6.45, 7) is 8.24. The van der Waals surface area contributed by atoms with Gasteiger partial charge in [0, 0.05) is 42.4 Å².